The summed E-state index contributed by atoms with van der Waals surface area (Å²) in [7, 11) is -3.69. The van der Waals surface area contributed by atoms with Gasteiger partial charge in [0.15, 0.2) is 0 Å². The number of anilines is 1. The minimum atomic E-state index is -3.69. The molecule has 19 heavy (non-hydrogen) atoms. The highest BCUT2D eigenvalue weighted by Gasteiger charge is 2.16. The molecule has 2 aromatic rings. The summed E-state index contributed by atoms with van der Waals surface area (Å²) in [6, 6.07) is 1.26. The molecule has 0 aliphatic carbocycles. The molecule has 2 rings (SSSR count). The zero-order valence-electron chi connectivity index (χ0n) is 10.0. The van der Waals surface area contributed by atoms with Gasteiger partial charge in [0.05, 0.1) is 11.2 Å². The van der Waals surface area contributed by atoms with Crippen molar-refractivity contribution in [3.05, 3.63) is 34.7 Å². The number of aromatic amines is 1. The average molecular weight is 302 g/mol. The Morgan fingerprint density at radius 2 is 2.21 bits per heavy atom. The van der Waals surface area contributed by atoms with Crippen LogP contribution in [0, 0.1) is 6.92 Å². The number of sulfonamides is 1. The predicted molar refractivity (Wildman–Crippen MR) is 71.0 cm³/mol. The molecule has 2 heterocycles. The van der Waals surface area contributed by atoms with Crippen LogP contribution in [-0.4, -0.2) is 23.6 Å². The van der Waals surface area contributed by atoms with Crippen LogP contribution >= 0.6 is 11.6 Å². The summed E-state index contributed by atoms with van der Waals surface area (Å²) in [6.45, 7) is 1.94. The Bertz CT molecular complexity index is 698. The molecule has 0 amide bonds. The summed E-state index contributed by atoms with van der Waals surface area (Å²) in [6.07, 6.45) is 2.72. The van der Waals surface area contributed by atoms with E-state index in [0.29, 0.717) is 0 Å². The van der Waals surface area contributed by atoms with Crippen molar-refractivity contribution in [3.63, 3.8) is 0 Å². The fourth-order valence-electron chi connectivity index (χ4n) is 1.39. The second kappa shape index (κ2) is 5.16. The minimum absolute atomic E-state index is 0.0344. The lowest BCUT2D eigenvalue weighted by molar-refractivity contribution is 0.581. The van der Waals surface area contributed by atoms with Gasteiger partial charge in [0.2, 0.25) is 10.0 Å². The molecule has 4 N–H and O–H groups in total. The monoisotopic (exact) mass is 301 g/mol. The van der Waals surface area contributed by atoms with Gasteiger partial charge in [-0.25, -0.2) is 18.1 Å². The van der Waals surface area contributed by atoms with Crippen LogP contribution in [0.15, 0.2) is 23.4 Å². The van der Waals surface area contributed by atoms with Gasteiger partial charge < -0.3 is 5.73 Å². The van der Waals surface area contributed by atoms with Crippen molar-refractivity contribution in [1.82, 2.24) is 19.9 Å². The first-order valence-corrected chi connectivity index (χ1v) is 7.16. The van der Waals surface area contributed by atoms with Crippen LogP contribution in [0.25, 0.3) is 0 Å². The van der Waals surface area contributed by atoms with E-state index in [-0.39, 0.29) is 22.3 Å². The van der Waals surface area contributed by atoms with Gasteiger partial charge >= 0.3 is 0 Å². The van der Waals surface area contributed by atoms with Gasteiger partial charge in [-0.3, -0.25) is 5.10 Å². The lowest BCUT2D eigenvalue weighted by atomic mass is 10.3. The molecular formula is C10H12ClN5O2S. The summed E-state index contributed by atoms with van der Waals surface area (Å²) in [4.78, 5) is 3.68. The van der Waals surface area contributed by atoms with Crippen LogP contribution in [0.3, 0.4) is 0 Å². The van der Waals surface area contributed by atoms with E-state index in [2.05, 4.69) is 19.9 Å². The lowest BCUT2D eigenvalue weighted by Gasteiger charge is -2.07. The second-order valence-corrected chi connectivity index (χ2v) is 6.06. The van der Waals surface area contributed by atoms with Gasteiger partial charge in [0, 0.05) is 24.0 Å². The van der Waals surface area contributed by atoms with Crippen LogP contribution < -0.4 is 10.5 Å². The molecule has 0 fully saturated rings. The first-order valence-electron chi connectivity index (χ1n) is 5.29. The van der Waals surface area contributed by atoms with Crippen molar-refractivity contribution in [2.45, 2.75) is 18.4 Å². The molecule has 0 aliphatic rings. The molecule has 0 bridgehead atoms. The van der Waals surface area contributed by atoms with Gasteiger partial charge in [0.1, 0.15) is 10.7 Å². The molecular weight excluding hydrogens is 290 g/mol. The number of hydrogen-bond donors (Lipinski definition) is 3. The molecule has 0 aromatic carbocycles. The Kier molecular flexibility index (Phi) is 3.74. The topological polar surface area (TPSA) is 114 Å². The van der Waals surface area contributed by atoms with Gasteiger partial charge in [-0.1, -0.05) is 11.6 Å². The Morgan fingerprint density at radius 1 is 1.47 bits per heavy atom. The molecule has 0 atom stereocenters. The van der Waals surface area contributed by atoms with E-state index in [1.807, 2.05) is 0 Å². The molecule has 9 heteroatoms. The Labute approximate surface area is 115 Å². The fraction of sp³-hybridized carbons (Fsp3) is 0.200. The number of aryl methyl sites for hydroxylation is 1. The SMILES string of the molecule is Cc1[nH]ncc1CNS(=O)(=O)c1cnc(N)c(Cl)c1. The van der Waals surface area contributed by atoms with Crippen molar-refractivity contribution in [2.75, 3.05) is 5.73 Å². The molecule has 0 aliphatic heterocycles. The molecule has 0 spiro atoms. The largest absolute Gasteiger partial charge is 0.382 e. The summed E-state index contributed by atoms with van der Waals surface area (Å²) in [5, 5.41) is 6.64. The average Bonchev–Trinajstić information content (AvgIpc) is 2.76. The smallest absolute Gasteiger partial charge is 0.242 e. The van der Waals surface area contributed by atoms with Crippen LogP contribution in [0.5, 0.6) is 0 Å². The lowest BCUT2D eigenvalue weighted by Crippen LogP contribution is -2.23. The van der Waals surface area contributed by atoms with Crippen molar-refractivity contribution in [2.24, 2.45) is 0 Å². The number of nitrogens with zero attached hydrogens (tertiary/aromatic N) is 2. The summed E-state index contributed by atoms with van der Waals surface area (Å²) in [5.74, 6) is 0.0892. The molecule has 102 valence electrons. The zero-order chi connectivity index (χ0) is 14.0. The van der Waals surface area contributed by atoms with Gasteiger partial charge in [-0.05, 0) is 13.0 Å². The predicted octanol–water partition coefficient (Wildman–Crippen LogP) is 0.827. The highest BCUT2D eigenvalue weighted by Crippen LogP contribution is 2.19. The highest BCUT2D eigenvalue weighted by atomic mass is 35.5. The summed E-state index contributed by atoms with van der Waals surface area (Å²) >= 11 is 5.75. The second-order valence-electron chi connectivity index (χ2n) is 3.88. The molecule has 0 saturated heterocycles. The van der Waals surface area contributed by atoms with E-state index in [9.17, 15) is 8.42 Å². The standard InChI is InChI=1S/C10H12ClN5O2S/c1-6-7(3-14-16-6)4-15-19(17,18)8-2-9(11)10(12)13-5-8/h2-3,5,15H,4H2,1H3,(H2,12,13)(H,14,16). The third kappa shape index (κ3) is 3.03. The quantitative estimate of drug-likeness (QED) is 0.774. The van der Waals surface area contributed by atoms with E-state index in [1.54, 1.807) is 13.1 Å². The van der Waals surface area contributed by atoms with Gasteiger partial charge in [-0.2, -0.15) is 5.10 Å². The third-order valence-corrected chi connectivity index (χ3v) is 4.21. The number of nitrogens with one attached hydrogen (secondary N) is 2. The molecule has 0 saturated carbocycles. The molecule has 0 unspecified atom stereocenters. The Hall–Kier alpha value is -1.64. The first-order chi connectivity index (χ1) is 8.90. The van der Waals surface area contributed by atoms with E-state index < -0.39 is 10.0 Å². The van der Waals surface area contributed by atoms with E-state index in [1.165, 1.54) is 6.07 Å². The maximum absolute atomic E-state index is 12.0. The number of aromatic nitrogens is 3. The molecule has 2 aromatic heterocycles. The summed E-state index contributed by atoms with van der Waals surface area (Å²) < 4.78 is 26.5. The Balaban J connectivity index is 2.18. The number of halogens is 1. The van der Waals surface area contributed by atoms with Crippen molar-refractivity contribution in [3.8, 4) is 0 Å². The highest BCUT2D eigenvalue weighted by molar-refractivity contribution is 7.89. The first kappa shape index (κ1) is 13.8. The van der Waals surface area contributed by atoms with Gasteiger partial charge in [-0.15, -0.1) is 0 Å². The number of H-pyrrole nitrogens is 1. The minimum Gasteiger partial charge on any atom is -0.382 e. The fourth-order valence-corrected chi connectivity index (χ4v) is 2.60. The normalized spacial score (nSPS) is 11.7. The number of nitrogens with two attached hydrogens (primary N) is 1. The van der Waals surface area contributed by atoms with E-state index >= 15 is 0 Å². The Morgan fingerprint density at radius 3 is 2.79 bits per heavy atom. The van der Waals surface area contributed by atoms with Crippen LogP contribution in [0.4, 0.5) is 5.82 Å². The molecule has 7 nitrogen and oxygen atoms in total. The maximum Gasteiger partial charge on any atom is 0.242 e. The van der Waals surface area contributed by atoms with Crippen molar-refractivity contribution in [1.29, 1.82) is 0 Å². The van der Waals surface area contributed by atoms with Gasteiger partial charge in [0.25, 0.3) is 0 Å². The number of nitrogen functional groups attached to an aromatic ring is 1. The van der Waals surface area contributed by atoms with Crippen LogP contribution in [-0.2, 0) is 16.6 Å². The zero-order valence-corrected chi connectivity index (χ0v) is 11.6. The summed E-state index contributed by atoms with van der Waals surface area (Å²) in [5.41, 5.74) is 7.00. The van der Waals surface area contributed by atoms with Crippen LogP contribution in [0.2, 0.25) is 5.02 Å². The van der Waals surface area contributed by atoms with Crippen molar-refractivity contribution < 1.29 is 8.42 Å². The maximum atomic E-state index is 12.0. The van der Waals surface area contributed by atoms with E-state index in [0.717, 1.165) is 17.5 Å². The number of pyridine rings is 1. The molecule has 0 radical (unpaired) electrons. The van der Waals surface area contributed by atoms with Crippen molar-refractivity contribution >= 4 is 27.4 Å². The van der Waals surface area contributed by atoms with Crippen LogP contribution in [0.1, 0.15) is 11.3 Å². The third-order valence-electron chi connectivity index (χ3n) is 2.54. The van der Waals surface area contributed by atoms with E-state index in [4.69, 9.17) is 17.3 Å². The number of rotatable bonds is 4. The number of hydrogen-bond acceptors (Lipinski definition) is 5.